The Morgan fingerprint density at radius 3 is 2.64 bits per heavy atom. The lowest BCUT2D eigenvalue weighted by Gasteiger charge is -2.09. The standard InChI is InChI=1S/C18H16N2O2/c21-18(20-12-14-8-10-19-11-9-14)13-22-17-7-3-5-15-4-1-2-6-16(15)17/h1-11H,12-13H2,(H,20,21). The van der Waals surface area contributed by atoms with Crippen molar-refractivity contribution in [3.05, 3.63) is 72.6 Å². The summed E-state index contributed by atoms with van der Waals surface area (Å²) in [6.45, 7) is 0.472. The first-order chi connectivity index (χ1) is 10.8. The molecule has 0 unspecified atom stereocenters. The molecule has 0 saturated carbocycles. The van der Waals surface area contributed by atoms with Crippen LogP contribution in [0.1, 0.15) is 5.56 Å². The lowest BCUT2D eigenvalue weighted by molar-refractivity contribution is -0.123. The van der Waals surface area contributed by atoms with Crippen molar-refractivity contribution in [2.24, 2.45) is 0 Å². The summed E-state index contributed by atoms with van der Waals surface area (Å²) in [5.74, 6) is 0.571. The van der Waals surface area contributed by atoms with Crippen molar-refractivity contribution >= 4 is 16.7 Å². The quantitative estimate of drug-likeness (QED) is 0.786. The van der Waals surface area contributed by atoms with Crippen LogP contribution in [0, 0.1) is 0 Å². The van der Waals surface area contributed by atoms with Gasteiger partial charge < -0.3 is 10.1 Å². The third-order valence-corrected chi connectivity index (χ3v) is 3.35. The third kappa shape index (κ3) is 3.41. The van der Waals surface area contributed by atoms with E-state index < -0.39 is 0 Å². The van der Waals surface area contributed by atoms with Crippen molar-refractivity contribution in [1.29, 1.82) is 0 Å². The van der Waals surface area contributed by atoms with Crippen LogP contribution in [0.4, 0.5) is 0 Å². The molecule has 0 aliphatic rings. The number of fused-ring (bicyclic) bond motifs is 1. The maximum absolute atomic E-state index is 11.9. The summed E-state index contributed by atoms with van der Waals surface area (Å²) in [6.07, 6.45) is 3.40. The van der Waals surface area contributed by atoms with E-state index in [0.717, 1.165) is 22.1 Å². The normalized spacial score (nSPS) is 10.4. The van der Waals surface area contributed by atoms with Gasteiger partial charge in [0.15, 0.2) is 6.61 Å². The van der Waals surface area contributed by atoms with Gasteiger partial charge in [0.2, 0.25) is 0 Å². The van der Waals surface area contributed by atoms with Crippen LogP contribution in [0.25, 0.3) is 10.8 Å². The number of hydrogen-bond acceptors (Lipinski definition) is 3. The van der Waals surface area contributed by atoms with Crippen LogP contribution < -0.4 is 10.1 Å². The van der Waals surface area contributed by atoms with Crippen molar-refractivity contribution in [2.75, 3.05) is 6.61 Å². The molecular weight excluding hydrogens is 276 g/mol. The minimum absolute atomic E-state index is 0.000902. The van der Waals surface area contributed by atoms with Gasteiger partial charge in [-0.05, 0) is 29.1 Å². The summed E-state index contributed by atoms with van der Waals surface area (Å²) >= 11 is 0. The van der Waals surface area contributed by atoms with Gasteiger partial charge in [-0.3, -0.25) is 9.78 Å². The van der Waals surface area contributed by atoms with Gasteiger partial charge in [0, 0.05) is 24.3 Å². The lowest BCUT2D eigenvalue weighted by atomic mass is 10.1. The van der Waals surface area contributed by atoms with Crippen LogP contribution in [0.5, 0.6) is 5.75 Å². The Morgan fingerprint density at radius 1 is 1.00 bits per heavy atom. The second-order valence-electron chi connectivity index (χ2n) is 4.90. The van der Waals surface area contributed by atoms with Crippen molar-refractivity contribution in [1.82, 2.24) is 10.3 Å². The van der Waals surface area contributed by atoms with Crippen molar-refractivity contribution in [3.8, 4) is 5.75 Å². The highest BCUT2D eigenvalue weighted by atomic mass is 16.5. The number of carbonyl (C=O) groups is 1. The molecule has 110 valence electrons. The molecule has 1 amide bonds. The molecular formula is C18H16N2O2. The SMILES string of the molecule is O=C(COc1cccc2ccccc12)NCc1ccncc1. The Bertz CT molecular complexity index is 767. The number of nitrogens with one attached hydrogen (secondary N) is 1. The summed E-state index contributed by atoms with van der Waals surface area (Å²) < 4.78 is 5.65. The molecule has 1 N–H and O–H groups in total. The highest BCUT2D eigenvalue weighted by Gasteiger charge is 2.05. The van der Waals surface area contributed by atoms with Gasteiger partial charge in [-0.15, -0.1) is 0 Å². The number of rotatable bonds is 5. The number of carbonyl (C=O) groups excluding carboxylic acids is 1. The average molecular weight is 292 g/mol. The van der Waals surface area contributed by atoms with Crippen LogP contribution in [0.3, 0.4) is 0 Å². The minimum atomic E-state index is -0.148. The number of aromatic nitrogens is 1. The fraction of sp³-hybridized carbons (Fsp3) is 0.111. The molecule has 0 radical (unpaired) electrons. The molecule has 4 nitrogen and oxygen atoms in total. The van der Waals surface area contributed by atoms with Gasteiger partial charge in [0.25, 0.3) is 5.91 Å². The van der Waals surface area contributed by atoms with Crippen LogP contribution in [-0.2, 0) is 11.3 Å². The summed E-state index contributed by atoms with van der Waals surface area (Å²) in [5.41, 5.74) is 1.01. The van der Waals surface area contributed by atoms with E-state index >= 15 is 0 Å². The third-order valence-electron chi connectivity index (χ3n) is 3.35. The zero-order chi connectivity index (χ0) is 15.2. The maximum Gasteiger partial charge on any atom is 0.258 e. The Hall–Kier alpha value is -2.88. The minimum Gasteiger partial charge on any atom is -0.483 e. The molecule has 1 aromatic heterocycles. The zero-order valence-electron chi connectivity index (χ0n) is 12.0. The Kier molecular flexibility index (Phi) is 4.30. The van der Waals surface area contributed by atoms with Gasteiger partial charge >= 0.3 is 0 Å². The monoisotopic (exact) mass is 292 g/mol. The van der Waals surface area contributed by atoms with Crippen LogP contribution in [0.15, 0.2) is 67.0 Å². The molecule has 0 atom stereocenters. The molecule has 0 spiro atoms. The number of hydrogen-bond donors (Lipinski definition) is 1. The molecule has 0 bridgehead atoms. The molecule has 22 heavy (non-hydrogen) atoms. The van der Waals surface area contributed by atoms with E-state index in [1.54, 1.807) is 12.4 Å². The van der Waals surface area contributed by atoms with E-state index in [1.165, 1.54) is 0 Å². The van der Waals surface area contributed by atoms with Crippen LogP contribution >= 0.6 is 0 Å². The topological polar surface area (TPSA) is 51.2 Å². The second kappa shape index (κ2) is 6.72. The van der Waals surface area contributed by atoms with Crippen LogP contribution in [-0.4, -0.2) is 17.5 Å². The number of ether oxygens (including phenoxy) is 1. The predicted molar refractivity (Wildman–Crippen MR) is 85.5 cm³/mol. The molecule has 0 fully saturated rings. The number of pyridine rings is 1. The van der Waals surface area contributed by atoms with Crippen molar-refractivity contribution < 1.29 is 9.53 Å². The Labute approximate surface area is 128 Å². The van der Waals surface area contributed by atoms with Crippen LogP contribution in [0.2, 0.25) is 0 Å². The van der Waals surface area contributed by atoms with Gasteiger partial charge in [-0.25, -0.2) is 0 Å². The van der Waals surface area contributed by atoms with Crippen molar-refractivity contribution in [3.63, 3.8) is 0 Å². The van der Waals surface area contributed by atoms with E-state index in [-0.39, 0.29) is 12.5 Å². The predicted octanol–water partition coefficient (Wildman–Crippen LogP) is 2.93. The van der Waals surface area contributed by atoms with E-state index in [2.05, 4.69) is 10.3 Å². The number of benzene rings is 2. The highest BCUT2D eigenvalue weighted by Crippen LogP contribution is 2.24. The lowest BCUT2D eigenvalue weighted by Crippen LogP contribution is -2.28. The number of amides is 1. The Balaban J connectivity index is 1.58. The summed E-state index contributed by atoms with van der Waals surface area (Å²) in [6, 6.07) is 17.5. The first-order valence-corrected chi connectivity index (χ1v) is 7.09. The maximum atomic E-state index is 11.9. The number of nitrogens with zero attached hydrogens (tertiary/aromatic N) is 1. The van der Waals surface area contributed by atoms with Gasteiger partial charge in [0.1, 0.15) is 5.75 Å². The fourth-order valence-corrected chi connectivity index (χ4v) is 2.22. The van der Waals surface area contributed by atoms with Gasteiger partial charge in [-0.2, -0.15) is 0 Å². The molecule has 0 aliphatic heterocycles. The van der Waals surface area contributed by atoms with E-state index in [4.69, 9.17) is 4.74 Å². The summed E-state index contributed by atoms with van der Waals surface area (Å²) in [5, 5.41) is 4.93. The first kappa shape index (κ1) is 14.1. The largest absolute Gasteiger partial charge is 0.483 e. The fourth-order valence-electron chi connectivity index (χ4n) is 2.22. The zero-order valence-corrected chi connectivity index (χ0v) is 12.0. The summed E-state index contributed by atoms with van der Waals surface area (Å²) in [7, 11) is 0. The van der Waals surface area contributed by atoms with Crippen molar-refractivity contribution in [2.45, 2.75) is 6.54 Å². The molecule has 4 heteroatoms. The molecule has 0 aliphatic carbocycles. The summed E-state index contributed by atoms with van der Waals surface area (Å²) in [4.78, 5) is 15.8. The first-order valence-electron chi connectivity index (χ1n) is 7.09. The van der Waals surface area contributed by atoms with E-state index in [1.807, 2.05) is 54.6 Å². The average Bonchev–Trinajstić information content (AvgIpc) is 2.59. The second-order valence-corrected chi connectivity index (χ2v) is 4.90. The molecule has 0 saturated heterocycles. The van der Waals surface area contributed by atoms with Gasteiger partial charge in [-0.1, -0.05) is 36.4 Å². The molecule has 2 aromatic carbocycles. The Morgan fingerprint density at radius 2 is 1.77 bits per heavy atom. The highest BCUT2D eigenvalue weighted by molar-refractivity contribution is 5.88. The van der Waals surface area contributed by atoms with Gasteiger partial charge in [0.05, 0.1) is 0 Å². The molecule has 3 aromatic rings. The van der Waals surface area contributed by atoms with E-state index in [0.29, 0.717) is 6.54 Å². The smallest absolute Gasteiger partial charge is 0.258 e. The van der Waals surface area contributed by atoms with E-state index in [9.17, 15) is 4.79 Å². The molecule has 3 rings (SSSR count). The molecule has 1 heterocycles.